The largest absolute Gasteiger partial charge is 0.312 e. The fraction of sp³-hybridized carbons (Fsp3) is 0.444. The second kappa shape index (κ2) is 8.54. The van der Waals surface area contributed by atoms with Crippen molar-refractivity contribution in [1.29, 1.82) is 0 Å². The minimum atomic E-state index is 0. The van der Waals surface area contributed by atoms with E-state index >= 15 is 0 Å². The molecule has 25 heavy (non-hydrogen) atoms. The normalized spacial score (nSPS) is 19.1. The van der Waals surface area contributed by atoms with Crippen LogP contribution in [0.4, 0.5) is 5.13 Å². The minimum Gasteiger partial charge on any atom is -0.312 e. The lowest BCUT2D eigenvalue weighted by Crippen LogP contribution is -2.39. The molecule has 1 aliphatic heterocycles. The quantitative estimate of drug-likeness (QED) is 0.827. The molecule has 2 aromatic rings. The Morgan fingerprint density at radius 1 is 1.32 bits per heavy atom. The van der Waals surface area contributed by atoms with E-state index in [9.17, 15) is 4.79 Å². The lowest BCUT2D eigenvalue weighted by molar-refractivity contribution is -0.116. The predicted octanol–water partition coefficient (Wildman–Crippen LogP) is 3.75. The number of rotatable bonds is 4. The Morgan fingerprint density at radius 2 is 2.20 bits per heavy atom. The number of halogens is 1. The number of aromatic nitrogens is 1. The first-order valence-corrected chi connectivity index (χ1v) is 10.5. The van der Waals surface area contributed by atoms with Gasteiger partial charge in [-0.05, 0) is 36.5 Å². The number of thiazole rings is 1. The van der Waals surface area contributed by atoms with E-state index in [1.165, 1.54) is 41.7 Å². The van der Waals surface area contributed by atoms with Crippen molar-refractivity contribution < 1.29 is 4.79 Å². The van der Waals surface area contributed by atoms with Crippen molar-refractivity contribution in [2.24, 2.45) is 0 Å². The fourth-order valence-corrected chi connectivity index (χ4v) is 5.02. The van der Waals surface area contributed by atoms with Gasteiger partial charge in [-0.3, -0.25) is 4.79 Å². The van der Waals surface area contributed by atoms with Gasteiger partial charge >= 0.3 is 0 Å². The van der Waals surface area contributed by atoms with E-state index in [1.807, 2.05) is 17.1 Å². The van der Waals surface area contributed by atoms with Gasteiger partial charge in [0.1, 0.15) is 0 Å². The molecule has 4 rings (SSSR count). The summed E-state index contributed by atoms with van der Waals surface area (Å²) < 4.78 is 0. The summed E-state index contributed by atoms with van der Waals surface area (Å²) in [7, 11) is 0. The number of hydrogen-bond donors (Lipinski definition) is 2. The van der Waals surface area contributed by atoms with Gasteiger partial charge in [-0.15, -0.1) is 23.7 Å². The Morgan fingerprint density at radius 3 is 3.04 bits per heavy atom. The van der Waals surface area contributed by atoms with E-state index in [0.29, 0.717) is 11.6 Å². The van der Waals surface area contributed by atoms with E-state index in [4.69, 9.17) is 0 Å². The molecule has 1 saturated heterocycles. The molecule has 0 radical (unpaired) electrons. The maximum absolute atomic E-state index is 12.2. The highest BCUT2D eigenvalue weighted by atomic mass is 35.5. The molecule has 0 bridgehead atoms. The molecule has 7 heteroatoms. The summed E-state index contributed by atoms with van der Waals surface area (Å²) in [6.45, 7) is 0.988. The Kier molecular flexibility index (Phi) is 6.39. The van der Waals surface area contributed by atoms with Gasteiger partial charge in [-0.25, -0.2) is 4.98 Å². The number of hydrogen-bond acceptors (Lipinski definition) is 5. The van der Waals surface area contributed by atoms with Crippen LogP contribution < -0.4 is 10.6 Å². The highest BCUT2D eigenvalue weighted by molar-refractivity contribution is 7.99. The predicted molar refractivity (Wildman–Crippen MR) is 109 cm³/mol. The molecule has 1 aromatic heterocycles. The van der Waals surface area contributed by atoms with Gasteiger partial charge in [0.2, 0.25) is 5.91 Å². The van der Waals surface area contributed by atoms with Crippen molar-refractivity contribution in [2.45, 2.75) is 31.7 Å². The van der Waals surface area contributed by atoms with Crippen LogP contribution in [0.1, 0.15) is 24.0 Å². The number of amides is 1. The summed E-state index contributed by atoms with van der Waals surface area (Å²) >= 11 is 3.41. The molecular weight excluding hydrogens is 374 g/mol. The Bertz CT molecular complexity index is 744. The Balaban J connectivity index is 0.00000182. The van der Waals surface area contributed by atoms with E-state index in [2.05, 4.69) is 33.8 Å². The summed E-state index contributed by atoms with van der Waals surface area (Å²) in [4.78, 5) is 16.8. The number of nitrogens with zero attached hydrogens (tertiary/aromatic N) is 1. The smallest absolute Gasteiger partial charge is 0.227 e. The number of thioether (sulfide) groups is 1. The highest BCUT2D eigenvalue weighted by Gasteiger charge is 2.18. The van der Waals surface area contributed by atoms with Crippen molar-refractivity contribution >= 4 is 46.5 Å². The van der Waals surface area contributed by atoms with Gasteiger partial charge in [0.05, 0.1) is 5.69 Å². The third kappa shape index (κ3) is 4.56. The average molecular weight is 396 g/mol. The molecule has 134 valence electrons. The van der Waals surface area contributed by atoms with Crippen LogP contribution >= 0.6 is 35.5 Å². The van der Waals surface area contributed by atoms with Crippen LogP contribution in [-0.2, 0) is 17.6 Å². The standard InChI is InChI=1S/C18H21N3OS2.ClH/c22-17(9-15-10-23-7-6-19-15)21-18-20-16(11-24-18)14-5-4-12-2-1-3-13(12)8-14;/h4-5,8,11,15,19H,1-3,6-7,9-10H2,(H,20,21,22);1H. The zero-order valence-electron chi connectivity index (χ0n) is 13.9. The number of fused-ring (bicyclic) bond motifs is 1. The molecular formula is C18H22ClN3OS2. The molecule has 2 N–H and O–H groups in total. The van der Waals surface area contributed by atoms with Crippen molar-refractivity contribution in [2.75, 3.05) is 23.4 Å². The molecule has 1 atom stereocenters. The number of nitrogens with one attached hydrogen (secondary N) is 2. The van der Waals surface area contributed by atoms with Gasteiger partial charge in [-0.1, -0.05) is 12.1 Å². The van der Waals surface area contributed by atoms with Crippen molar-refractivity contribution in [1.82, 2.24) is 10.3 Å². The third-order valence-corrected chi connectivity index (χ3v) is 6.46. The molecule has 1 amide bonds. The van der Waals surface area contributed by atoms with Crippen molar-refractivity contribution in [3.05, 3.63) is 34.7 Å². The van der Waals surface area contributed by atoms with Crippen LogP contribution in [0.5, 0.6) is 0 Å². The van der Waals surface area contributed by atoms with E-state index in [-0.39, 0.29) is 24.4 Å². The summed E-state index contributed by atoms with van der Waals surface area (Å²) in [6, 6.07) is 6.90. The topological polar surface area (TPSA) is 54.0 Å². The van der Waals surface area contributed by atoms with Crippen LogP contribution in [-0.4, -0.2) is 35.0 Å². The molecule has 4 nitrogen and oxygen atoms in total. The molecule has 2 aliphatic rings. The highest BCUT2D eigenvalue weighted by Crippen LogP contribution is 2.30. The minimum absolute atomic E-state index is 0. The number of anilines is 1. The van der Waals surface area contributed by atoms with E-state index < -0.39 is 0 Å². The maximum atomic E-state index is 12.2. The maximum Gasteiger partial charge on any atom is 0.227 e. The summed E-state index contributed by atoms with van der Waals surface area (Å²) in [5.41, 5.74) is 5.03. The Labute approximate surface area is 162 Å². The summed E-state index contributed by atoms with van der Waals surface area (Å²) in [5.74, 6) is 2.19. The first-order chi connectivity index (χ1) is 11.8. The molecule has 1 unspecified atom stereocenters. The molecule has 1 aliphatic carbocycles. The zero-order valence-corrected chi connectivity index (χ0v) is 16.4. The second-order valence-electron chi connectivity index (χ2n) is 6.35. The first-order valence-electron chi connectivity index (χ1n) is 8.46. The van der Waals surface area contributed by atoms with Gasteiger partial charge in [0, 0.05) is 41.5 Å². The summed E-state index contributed by atoms with van der Waals surface area (Å²) in [5, 5.41) is 9.07. The van der Waals surface area contributed by atoms with Gasteiger partial charge in [0.25, 0.3) is 0 Å². The molecule has 1 aromatic carbocycles. The average Bonchev–Trinajstić information content (AvgIpc) is 3.24. The molecule has 0 saturated carbocycles. The van der Waals surface area contributed by atoms with Crippen LogP contribution in [0, 0.1) is 0 Å². The molecule has 2 heterocycles. The van der Waals surface area contributed by atoms with Crippen molar-refractivity contribution in [3.8, 4) is 11.3 Å². The first kappa shape index (κ1) is 18.7. The van der Waals surface area contributed by atoms with Gasteiger partial charge in [-0.2, -0.15) is 11.8 Å². The lowest BCUT2D eigenvalue weighted by atomic mass is 10.1. The van der Waals surface area contributed by atoms with E-state index in [0.717, 1.165) is 29.3 Å². The van der Waals surface area contributed by atoms with Gasteiger partial charge in [0.15, 0.2) is 5.13 Å². The van der Waals surface area contributed by atoms with Gasteiger partial charge < -0.3 is 10.6 Å². The number of carbonyl (C=O) groups excluding carboxylic acids is 1. The number of aryl methyl sites for hydroxylation is 2. The monoisotopic (exact) mass is 395 g/mol. The Hall–Kier alpha value is -1.08. The van der Waals surface area contributed by atoms with E-state index in [1.54, 1.807) is 0 Å². The van der Waals surface area contributed by atoms with Crippen molar-refractivity contribution in [3.63, 3.8) is 0 Å². The van der Waals surface area contributed by atoms with Crippen LogP contribution in [0.3, 0.4) is 0 Å². The molecule has 0 spiro atoms. The second-order valence-corrected chi connectivity index (χ2v) is 8.36. The number of carbonyl (C=O) groups is 1. The zero-order chi connectivity index (χ0) is 16.4. The lowest BCUT2D eigenvalue weighted by Gasteiger charge is -2.22. The SMILES string of the molecule is Cl.O=C(CC1CSCCN1)Nc1nc(-c2ccc3c(c2)CCC3)cs1. The third-order valence-electron chi connectivity index (χ3n) is 4.58. The van der Waals surface area contributed by atoms with Crippen LogP contribution in [0.2, 0.25) is 0 Å². The van der Waals surface area contributed by atoms with Crippen LogP contribution in [0.15, 0.2) is 23.6 Å². The summed E-state index contributed by atoms with van der Waals surface area (Å²) in [6.07, 6.45) is 4.14. The number of benzene rings is 1. The molecule has 1 fully saturated rings. The fourth-order valence-electron chi connectivity index (χ4n) is 3.34. The van der Waals surface area contributed by atoms with Crippen LogP contribution in [0.25, 0.3) is 11.3 Å².